The van der Waals surface area contributed by atoms with Gasteiger partial charge in [0.1, 0.15) is 10.6 Å². The summed E-state index contributed by atoms with van der Waals surface area (Å²) in [5.41, 5.74) is 3.67. The second-order valence-electron chi connectivity index (χ2n) is 8.15. The molecule has 7 heteroatoms. The molecule has 0 bridgehead atoms. The number of carboxylic acid groups (broad SMARTS) is 1. The fourth-order valence-electron chi connectivity index (χ4n) is 4.03. The smallest absolute Gasteiger partial charge is 0.347 e. The van der Waals surface area contributed by atoms with Crippen molar-refractivity contribution in [2.24, 2.45) is 0 Å². The van der Waals surface area contributed by atoms with Crippen LogP contribution in [0.5, 0.6) is 6.01 Å². The van der Waals surface area contributed by atoms with E-state index in [1.807, 2.05) is 60.7 Å². The molecule has 2 atom stereocenters. The van der Waals surface area contributed by atoms with Gasteiger partial charge in [-0.15, -0.1) is 11.8 Å². The van der Waals surface area contributed by atoms with E-state index in [4.69, 9.17) is 4.74 Å². The molecule has 1 aromatic heterocycles. The monoisotopic (exact) mass is 488 g/mol. The van der Waals surface area contributed by atoms with Gasteiger partial charge in [0.15, 0.2) is 0 Å². The number of carboxylic acids is 1. The average Bonchev–Trinajstić information content (AvgIpc) is 2.85. The predicted molar refractivity (Wildman–Crippen MR) is 135 cm³/mol. The lowest BCUT2D eigenvalue weighted by molar-refractivity contribution is -0.146. The number of aryl methyl sites for hydroxylation is 2. The summed E-state index contributed by atoms with van der Waals surface area (Å²) in [6.45, 7) is 3.60. The van der Waals surface area contributed by atoms with Gasteiger partial charge in [0.05, 0.1) is 0 Å². The van der Waals surface area contributed by atoms with Crippen LogP contribution in [0.1, 0.15) is 28.1 Å². The summed E-state index contributed by atoms with van der Waals surface area (Å²) in [4.78, 5) is 21.5. The van der Waals surface area contributed by atoms with E-state index in [0.29, 0.717) is 28.3 Å². The molecular formula is C28H25FN2O3S. The molecular weight excluding hydrogens is 463 g/mol. The summed E-state index contributed by atoms with van der Waals surface area (Å²) in [6, 6.07) is 26.7. The van der Waals surface area contributed by atoms with E-state index in [1.54, 1.807) is 32.0 Å². The van der Waals surface area contributed by atoms with Crippen LogP contribution >= 0.6 is 11.8 Å². The first kappa shape index (κ1) is 24.4. The van der Waals surface area contributed by atoms with E-state index in [9.17, 15) is 14.3 Å². The van der Waals surface area contributed by atoms with E-state index in [1.165, 1.54) is 23.9 Å². The van der Waals surface area contributed by atoms with Crippen molar-refractivity contribution < 1.29 is 19.0 Å². The normalized spacial score (nSPS) is 13.6. The third-order valence-corrected chi connectivity index (χ3v) is 7.18. The number of thioether (sulfide) groups is 1. The quantitative estimate of drug-likeness (QED) is 0.314. The Morgan fingerprint density at radius 3 is 2.03 bits per heavy atom. The molecule has 1 N–H and O–H groups in total. The summed E-state index contributed by atoms with van der Waals surface area (Å²) in [5.74, 6) is -1.09. The number of ether oxygens (including phenoxy) is 1. The lowest BCUT2D eigenvalue weighted by Crippen LogP contribution is -2.47. The highest BCUT2D eigenvalue weighted by atomic mass is 32.2. The molecule has 0 radical (unpaired) electrons. The van der Waals surface area contributed by atoms with Gasteiger partial charge >= 0.3 is 12.0 Å². The van der Waals surface area contributed by atoms with Crippen LogP contribution < -0.4 is 4.74 Å². The molecule has 0 aliphatic heterocycles. The first-order valence-electron chi connectivity index (χ1n) is 11.1. The predicted octanol–water partition coefficient (Wildman–Crippen LogP) is 5.94. The number of aliphatic carboxylic acids is 1. The van der Waals surface area contributed by atoms with Gasteiger partial charge in [-0.3, -0.25) is 0 Å². The average molecular weight is 489 g/mol. The number of halogens is 1. The van der Waals surface area contributed by atoms with Crippen LogP contribution in [-0.2, 0) is 15.3 Å². The summed E-state index contributed by atoms with van der Waals surface area (Å²) in [6.07, 6.45) is -1.41. The summed E-state index contributed by atoms with van der Waals surface area (Å²) >= 11 is 1.41. The van der Waals surface area contributed by atoms with Gasteiger partial charge in [-0.05, 0) is 48.7 Å². The van der Waals surface area contributed by atoms with Gasteiger partial charge in [-0.2, -0.15) is 0 Å². The van der Waals surface area contributed by atoms with Crippen LogP contribution in [0.15, 0.2) is 91.0 Å². The first-order valence-corrected chi connectivity index (χ1v) is 12.1. The lowest BCUT2D eigenvalue weighted by Gasteiger charge is -2.38. The number of benzene rings is 3. The zero-order valence-electron chi connectivity index (χ0n) is 19.4. The third-order valence-electron chi connectivity index (χ3n) is 5.56. The topological polar surface area (TPSA) is 72.3 Å². The van der Waals surface area contributed by atoms with Crippen molar-refractivity contribution in [1.29, 1.82) is 0 Å². The number of nitrogens with zero attached hydrogens (tertiary/aromatic N) is 2. The van der Waals surface area contributed by atoms with Crippen LogP contribution in [0.2, 0.25) is 0 Å². The Bertz CT molecular complexity index is 1270. The van der Waals surface area contributed by atoms with Crippen molar-refractivity contribution in [2.45, 2.75) is 30.5 Å². The fraction of sp³-hybridized carbons (Fsp3) is 0.179. The van der Waals surface area contributed by atoms with Crippen LogP contribution in [0.4, 0.5) is 4.39 Å². The number of carbonyl (C=O) groups is 1. The van der Waals surface area contributed by atoms with Gasteiger partial charge in [0, 0.05) is 17.1 Å². The zero-order chi connectivity index (χ0) is 24.8. The summed E-state index contributed by atoms with van der Waals surface area (Å²) in [5, 5.41) is 10.5. The largest absolute Gasteiger partial charge is 0.478 e. The Labute approximate surface area is 208 Å². The van der Waals surface area contributed by atoms with Crippen molar-refractivity contribution in [1.82, 2.24) is 9.97 Å². The Hall–Kier alpha value is -3.71. The fourth-order valence-corrected chi connectivity index (χ4v) is 5.52. The van der Waals surface area contributed by atoms with Gasteiger partial charge in [0.2, 0.25) is 6.10 Å². The van der Waals surface area contributed by atoms with Crippen LogP contribution in [0.3, 0.4) is 0 Å². The van der Waals surface area contributed by atoms with E-state index in [2.05, 4.69) is 9.97 Å². The first-order chi connectivity index (χ1) is 16.9. The highest BCUT2D eigenvalue weighted by Crippen LogP contribution is 2.48. The Morgan fingerprint density at radius 2 is 1.46 bits per heavy atom. The van der Waals surface area contributed by atoms with Crippen molar-refractivity contribution in [2.75, 3.05) is 0 Å². The Morgan fingerprint density at radius 1 is 0.914 bits per heavy atom. The molecule has 0 saturated carbocycles. The number of hydrogen-bond acceptors (Lipinski definition) is 5. The molecule has 4 aromatic rings. The lowest BCUT2D eigenvalue weighted by atomic mass is 9.85. The van der Waals surface area contributed by atoms with Crippen LogP contribution in [0.25, 0.3) is 0 Å². The third kappa shape index (κ3) is 5.52. The van der Waals surface area contributed by atoms with Crippen LogP contribution in [-0.4, -0.2) is 27.1 Å². The van der Waals surface area contributed by atoms with Crippen molar-refractivity contribution >= 4 is 17.7 Å². The molecule has 3 aromatic carbocycles. The number of rotatable bonds is 9. The molecule has 0 fully saturated rings. The molecule has 5 nitrogen and oxygen atoms in total. The van der Waals surface area contributed by atoms with E-state index < -0.39 is 22.6 Å². The van der Waals surface area contributed by atoms with E-state index in [0.717, 1.165) is 5.56 Å². The summed E-state index contributed by atoms with van der Waals surface area (Å²) in [7, 11) is 0. The van der Waals surface area contributed by atoms with Gasteiger partial charge in [0.25, 0.3) is 0 Å². The van der Waals surface area contributed by atoms with E-state index in [-0.39, 0.29) is 6.01 Å². The molecule has 0 saturated heterocycles. The number of aromatic nitrogens is 2. The number of hydrogen-bond donors (Lipinski definition) is 1. The Balaban J connectivity index is 1.91. The molecule has 0 aliphatic carbocycles. The highest BCUT2D eigenvalue weighted by Gasteiger charge is 2.49. The van der Waals surface area contributed by atoms with Gasteiger partial charge in [-0.25, -0.2) is 19.2 Å². The molecule has 0 amide bonds. The van der Waals surface area contributed by atoms with Gasteiger partial charge < -0.3 is 9.84 Å². The van der Waals surface area contributed by atoms with Crippen molar-refractivity contribution in [3.05, 3.63) is 125 Å². The second-order valence-corrected chi connectivity index (χ2v) is 9.37. The SMILES string of the molecule is Cc1cc(C)nc(O[C@@H](C(=O)O)[C@](SCc2ccccc2)(c2ccccc2)c2ccc(F)cc2)n1. The van der Waals surface area contributed by atoms with Gasteiger partial charge in [-0.1, -0.05) is 72.8 Å². The maximum Gasteiger partial charge on any atom is 0.347 e. The maximum atomic E-state index is 13.9. The minimum absolute atomic E-state index is 0.0161. The molecule has 35 heavy (non-hydrogen) atoms. The Kier molecular flexibility index (Phi) is 7.46. The van der Waals surface area contributed by atoms with E-state index >= 15 is 0 Å². The highest BCUT2D eigenvalue weighted by molar-refractivity contribution is 7.99. The minimum Gasteiger partial charge on any atom is -0.478 e. The minimum atomic E-state index is -1.41. The second kappa shape index (κ2) is 10.7. The van der Waals surface area contributed by atoms with Crippen LogP contribution in [0, 0.1) is 19.7 Å². The molecule has 1 heterocycles. The van der Waals surface area contributed by atoms with Crippen molar-refractivity contribution in [3.8, 4) is 6.01 Å². The summed E-state index contributed by atoms with van der Waals surface area (Å²) < 4.78 is 18.8. The molecule has 178 valence electrons. The molecule has 0 spiro atoms. The maximum absolute atomic E-state index is 13.9. The zero-order valence-corrected chi connectivity index (χ0v) is 20.2. The standard InChI is InChI=1S/C28H25FN2O3S/c1-19-17-20(2)31-27(30-19)34-25(26(32)33)28(22-11-7-4-8-12-22,23-13-15-24(29)16-14-23)35-18-21-9-5-3-6-10-21/h3-17,25H,18H2,1-2H3,(H,32,33)/t25-,28-/m0/s1. The molecule has 0 unspecified atom stereocenters. The molecule has 4 rings (SSSR count). The van der Waals surface area contributed by atoms with Crippen molar-refractivity contribution in [3.63, 3.8) is 0 Å². The molecule has 0 aliphatic rings.